The number of hydrogen-bond acceptors (Lipinski definition) is 7. The summed E-state index contributed by atoms with van der Waals surface area (Å²) < 4.78 is 17.2. The molecule has 0 aliphatic carbocycles. The molecule has 166 valence electrons. The Bertz CT molecular complexity index is 869. The van der Waals surface area contributed by atoms with Gasteiger partial charge in [0.2, 0.25) is 6.39 Å². The molecular weight excluding hydrogens is 392 g/mol. The van der Waals surface area contributed by atoms with Crippen LogP contribution in [0, 0.1) is 0 Å². The number of likely N-dealkylation sites (tertiary alicyclic amines) is 1. The summed E-state index contributed by atoms with van der Waals surface area (Å²) in [6.07, 6.45) is 7.33. The van der Waals surface area contributed by atoms with Gasteiger partial charge in [0.25, 0.3) is 0 Å². The Kier molecular flexibility index (Phi) is 5.20. The van der Waals surface area contributed by atoms with Gasteiger partial charge < -0.3 is 18.8 Å². The van der Waals surface area contributed by atoms with E-state index in [2.05, 4.69) is 44.3 Å². The number of rotatable bonds is 4. The summed E-state index contributed by atoms with van der Waals surface area (Å²) in [5.74, 6) is 1.36. The first kappa shape index (κ1) is 19.7. The minimum absolute atomic E-state index is 0.0222. The fourth-order valence-corrected chi connectivity index (χ4v) is 6.20. The summed E-state index contributed by atoms with van der Waals surface area (Å²) in [5.41, 5.74) is 3.16. The highest BCUT2D eigenvalue weighted by molar-refractivity contribution is 5.35. The third-order valence-corrected chi connectivity index (χ3v) is 7.91. The van der Waals surface area contributed by atoms with Crippen LogP contribution in [0.25, 0.3) is 0 Å². The lowest BCUT2D eigenvalue weighted by Crippen LogP contribution is -2.62. The summed E-state index contributed by atoms with van der Waals surface area (Å²) in [6, 6.07) is 10.4. The molecule has 0 saturated carbocycles. The van der Waals surface area contributed by atoms with E-state index < -0.39 is 0 Å². The van der Waals surface area contributed by atoms with Crippen molar-refractivity contribution in [2.45, 2.75) is 55.6 Å². The molecule has 1 atom stereocenters. The summed E-state index contributed by atoms with van der Waals surface area (Å²) in [7, 11) is 0. The number of anilines is 1. The van der Waals surface area contributed by atoms with Crippen molar-refractivity contribution in [2.24, 2.45) is 0 Å². The summed E-state index contributed by atoms with van der Waals surface area (Å²) in [4.78, 5) is 4.80. The topological polar surface area (TPSA) is 63.9 Å². The van der Waals surface area contributed by atoms with Crippen LogP contribution in [-0.2, 0) is 9.47 Å². The molecule has 2 aromatic rings. The van der Waals surface area contributed by atoms with E-state index in [9.17, 15) is 0 Å². The molecule has 0 radical (unpaired) electrons. The van der Waals surface area contributed by atoms with Gasteiger partial charge in [0.1, 0.15) is 5.60 Å². The minimum Gasteiger partial charge on any atom is -0.411 e. The maximum atomic E-state index is 6.30. The van der Waals surface area contributed by atoms with Gasteiger partial charge >= 0.3 is 6.01 Å². The highest BCUT2D eigenvalue weighted by Crippen LogP contribution is 2.41. The molecule has 7 heteroatoms. The lowest BCUT2D eigenvalue weighted by atomic mass is 9.80. The monoisotopic (exact) mass is 424 g/mol. The zero-order valence-electron chi connectivity index (χ0n) is 18.1. The molecule has 1 aromatic heterocycles. The molecule has 1 aromatic carbocycles. The molecule has 0 amide bonds. The average Bonchev–Trinajstić information content (AvgIpc) is 3.49. The summed E-state index contributed by atoms with van der Waals surface area (Å²) >= 11 is 0. The maximum absolute atomic E-state index is 6.30. The van der Waals surface area contributed by atoms with E-state index in [4.69, 9.17) is 13.9 Å². The number of benzene rings is 1. The van der Waals surface area contributed by atoms with Crippen LogP contribution in [0.2, 0.25) is 0 Å². The zero-order chi connectivity index (χ0) is 20.7. The molecule has 7 nitrogen and oxygen atoms in total. The number of hydrogen-bond donors (Lipinski definition) is 0. The third-order valence-electron chi connectivity index (χ3n) is 7.91. The average molecular weight is 425 g/mol. The predicted octanol–water partition coefficient (Wildman–Crippen LogP) is 3.19. The largest absolute Gasteiger partial charge is 0.411 e. The number of ether oxygens (including phenoxy) is 2. The summed E-state index contributed by atoms with van der Waals surface area (Å²) in [5, 5.41) is 7.80. The predicted molar refractivity (Wildman–Crippen MR) is 116 cm³/mol. The first-order valence-corrected chi connectivity index (χ1v) is 11.9. The molecule has 0 unspecified atom stereocenters. The van der Waals surface area contributed by atoms with Gasteiger partial charge in [-0.3, -0.25) is 4.90 Å². The number of nitrogens with zero attached hydrogens (tertiary/aromatic N) is 4. The van der Waals surface area contributed by atoms with Crippen LogP contribution in [0.5, 0.6) is 0 Å². The molecule has 4 aliphatic heterocycles. The maximum Gasteiger partial charge on any atom is 0.318 e. The van der Waals surface area contributed by atoms with Crippen LogP contribution in [0.1, 0.15) is 55.1 Å². The smallest absolute Gasteiger partial charge is 0.318 e. The molecule has 0 bridgehead atoms. The highest BCUT2D eigenvalue weighted by Gasteiger charge is 2.52. The van der Waals surface area contributed by atoms with Gasteiger partial charge in [-0.15, -0.1) is 5.10 Å². The summed E-state index contributed by atoms with van der Waals surface area (Å²) in [6.45, 7) is 6.73. The second-order valence-electron chi connectivity index (χ2n) is 9.76. The van der Waals surface area contributed by atoms with Crippen LogP contribution in [0.3, 0.4) is 0 Å². The lowest BCUT2D eigenvalue weighted by Gasteiger charge is -2.46. The molecule has 4 saturated heterocycles. The van der Waals surface area contributed by atoms with E-state index in [1.54, 1.807) is 11.1 Å². The number of aromatic nitrogens is 2. The van der Waals surface area contributed by atoms with Gasteiger partial charge in [0.15, 0.2) is 0 Å². The lowest BCUT2D eigenvalue weighted by molar-refractivity contribution is -0.0216. The van der Waals surface area contributed by atoms with Gasteiger partial charge in [-0.25, -0.2) is 0 Å². The Morgan fingerprint density at radius 1 is 0.935 bits per heavy atom. The molecule has 4 aliphatic rings. The van der Waals surface area contributed by atoms with Crippen molar-refractivity contribution in [3.8, 4) is 0 Å². The minimum atomic E-state index is -0.0222. The van der Waals surface area contributed by atoms with Crippen molar-refractivity contribution in [2.75, 3.05) is 50.9 Å². The molecule has 4 fully saturated rings. The van der Waals surface area contributed by atoms with Gasteiger partial charge in [0, 0.05) is 19.3 Å². The van der Waals surface area contributed by atoms with E-state index in [-0.39, 0.29) is 5.60 Å². The van der Waals surface area contributed by atoms with E-state index in [0.29, 0.717) is 23.9 Å². The van der Waals surface area contributed by atoms with Crippen LogP contribution in [0.15, 0.2) is 35.1 Å². The second kappa shape index (κ2) is 8.19. The van der Waals surface area contributed by atoms with Crippen molar-refractivity contribution in [3.05, 3.63) is 41.8 Å². The third kappa shape index (κ3) is 3.77. The highest BCUT2D eigenvalue weighted by atomic mass is 16.5. The Morgan fingerprint density at radius 2 is 1.65 bits per heavy atom. The normalized spacial score (nSPS) is 27.6. The van der Waals surface area contributed by atoms with E-state index in [1.165, 1.54) is 32.3 Å². The molecule has 0 N–H and O–H groups in total. The van der Waals surface area contributed by atoms with Crippen LogP contribution >= 0.6 is 0 Å². The molecule has 31 heavy (non-hydrogen) atoms. The van der Waals surface area contributed by atoms with Crippen LogP contribution in [-0.4, -0.2) is 72.7 Å². The zero-order valence-corrected chi connectivity index (χ0v) is 18.1. The Balaban J connectivity index is 1.05. The van der Waals surface area contributed by atoms with Crippen molar-refractivity contribution >= 4 is 6.01 Å². The van der Waals surface area contributed by atoms with Crippen LogP contribution < -0.4 is 4.90 Å². The first-order valence-electron chi connectivity index (χ1n) is 11.9. The quantitative estimate of drug-likeness (QED) is 0.747. The molecule has 1 spiro atoms. The van der Waals surface area contributed by atoms with Gasteiger partial charge in [0.05, 0.1) is 19.7 Å². The van der Waals surface area contributed by atoms with Crippen LogP contribution in [0.4, 0.5) is 6.01 Å². The van der Waals surface area contributed by atoms with Crippen molar-refractivity contribution in [1.82, 2.24) is 15.1 Å². The fourth-order valence-electron chi connectivity index (χ4n) is 6.20. The molecule has 6 rings (SSSR count). The van der Waals surface area contributed by atoms with E-state index in [0.717, 1.165) is 52.2 Å². The Labute approximate surface area is 183 Å². The van der Waals surface area contributed by atoms with Crippen molar-refractivity contribution < 1.29 is 13.9 Å². The standard InChI is InChI=1S/C24H32N4O3/c1-2-4-22(19-7-11-29-12-8-19)21(3-1)18-5-9-27(10-6-18)20-13-24(31-14-20)15-28(16-24)23-26-25-17-30-23/h1-4,17-20H,5-16H2/t20-/m0/s1. The molecule has 5 heterocycles. The van der Waals surface area contributed by atoms with E-state index in [1.807, 2.05) is 0 Å². The first-order chi connectivity index (χ1) is 15.3. The fraction of sp³-hybridized carbons (Fsp3) is 0.667. The van der Waals surface area contributed by atoms with Gasteiger partial charge in [-0.1, -0.05) is 29.4 Å². The number of piperidine rings is 1. The van der Waals surface area contributed by atoms with Gasteiger partial charge in [-0.2, -0.15) is 0 Å². The Hall–Kier alpha value is -1.96. The van der Waals surface area contributed by atoms with Gasteiger partial charge in [-0.05, 0) is 68.2 Å². The molecular formula is C24H32N4O3. The van der Waals surface area contributed by atoms with E-state index >= 15 is 0 Å². The van der Waals surface area contributed by atoms with Crippen molar-refractivity contribution in [1.29, 1.82) is 0 Å². The van der Waals surface area contributed by atoms with Crippen molar-refractivity contribution in [3.63, 3.8) is 0 Å². The second-order valence-corrected chi connectivity index (χ2v) is 9.76. The Morgan fingerprint density at radius 3 is 2.32 bits per heavy atom. The SMILES string of the molecule is c1ccc(C2CCN([C@@H]3COC4(C3)CN(c3nnco3)C4)CC2)c(C2CCOCC2)c1.